The standard InChI is InChI=1S/C9H14N2O3S/c1-9(2,3)14-8(13)10-5-6-4-7(12)11-15-6/h4H,5H2,1-3H3,(H,10,13)(H,11,12). The van der Waals surface area contributed by atoms with Gasteiger partial charge in [0.05, 0.1) is 6.54 Å². The van der Waals surface area contributed by atoms with Crippen LogP contribution in [0.1, 0.15) is 25.6 Å². The second-order valence-electron chi connectivity index (χ2n) is 4.03. The zero-order valence-corrected chi connectivity index (χ0v) is 9.73. The Morgan fingerprint density at radius 1 is 1.60 bits per heavy atom. The lowest BCUT2D eigenvalue weighted by Crippen LogP contribution is -2.31. The van der Waals surface area contributed by atoms with Gasteiger partial charge in [0, 0.05) is 10.9 Å². The van der Waals surface area contributed by atoms with Crippen molar-refractivity contribution in [2.45, 2.75) is 32.9 Å². The van der Waals surface area contributed by atoms with Crippen molar-refractivity contribution < 1.29 is 9.53 Å². The number of aromatic amines is 1. The van der Waals surface area contributed by atoms with Crippen LogP contribution in [-0.2, 0) is 11.3 Å². The molecule has 1 rings (SSSR count). The minimum Gasteiger partial charge on any atom is -0.444 e. The van der Waals surface area contributed by atoms with Gasteiger partial charge in [0.2, 0.25) is 0 Å². The monoisotopic (exact) mass is 230 g/mol. The number of carbonyl (C=O) groups is 1. The Hall–Kier alpha value is -1.30. The fraction of sp³-hybridized carbons (Fsp3) is 0.556. The molecule has 0 aromatic carbocycles. The Morgan fingerprint density at radius 3 is 2.73 bits per heavy atom. The Balaban J connectivity index is 2.38. The summed E-state index contributed by atoms with van der Waals surface area (Å²) in [6.07, 6.45) is -0.483. The molecule has 0 unspecified atom stereocenters. The molecule has 0 aliphatic carbocycles. The zero-order chi connectivity index (χ0) is 11.5. The van der Waals surface area contributed by atoms with Crippen molar-refractivity contribution in [2.75, 3.05) is 0 Å². The number of carbonyl (C=O) groups excluding carboxylic acids is 1. The summed E-state index contributed by atoms with van der Waals surface area (Å²) in [5.41, 5.74) is -0.656. The number of hydrogen-bond acceptors (Lipinski definition) is 4. The Morgan fingerprint density at radius 2 is 2.27 bits per heavy atom. The fourth-order valence-electron chi connectivity index (χ4n) is 0.882. The van der Waals surface area contributed by atoms with Gasteiger partial charge in [-0.1, -0.05) is 11.5 Å². The van der Waals surface area contributed by atoms with E-state index in [0.717, 1.165) is 4.88 Å². The molecule has 2 N–H and O–H groups in total. The molecule has 15 heavy (non-hydrogen) atoms. The number of H-pyrrole nitrogens is 1. The molecule has 6 heteroatoms. The molecule has 84 valence electrons. The van der Waals surface area contributed by atoms with Gasteiger partial charge < -0.3 is 10.1 Å². The number of aromatic nitrogens is 1. The van der Waals surface area contributed by atoms with Gasteiger partial charge >= 0.3 is 6.09 Å². The number of ether oxygens (including phenoxy) is 1. The van der Waals surface area contributed by atoms with E-state index >= 15 is 0 Å². The van der Waals surface area contributed by atoms with E-state index in [-0.39, 0.29) is 5.56 Å². The molecule has 0 bridgehead atoms. The third-order valence-electron chi connectivity index (χ3n) is 1.38. The number of amides is 1. The van der Waals surface area contributed by atoms with Crippen molar-refractivity contribution in [3.8, 4) is 0 Å². The summed E-state index contributed by atoms with van der Waals surface area (Å²) in [5, 5.41) is 2.56. The van der Waals surface area contributed by atoms with Crippen LogP contribution in [0.15, 0.2) is 10.9 Å². The maximum absolute atomic E-state index is 11.2. The summed E-state index contributed by atoms with van der Waals surface area (Å²) in [5.74, 6) is 0. The average molecular weight is 230 g/mol. The molecule has 0 aliphatic heterocycles. The van der Waals surface area contributed by atoms with Crippen molar-refractivity contribution in [1.82, 2.24) is 9.69 Å². The van der Waals surface area contributed by atoms with E-state index in [1.807, 2.05) is 0 Å². The molecule has 0 radical (unpaired) electrons. The van der Waals surface area contributed by atoms with Gasteiger partial charge in [-0.25, -0.2) is 4.79 Å². The molecule has 1 aromatic heterocycles. The topological polar surface area (TPSA) is 71.2 Å². The second-order valence-corrected chi connectivity index (χ2v) is 4.97. The molecule has 0 spiro atoms. The summed E-state index contributed by atoms with van der Waals surface area (Å²) in [6, 6.07) is 1.45. The highest BCUT2D eigenvalue weighted by Gasteiger charge is 2.15. The fourth-order valence-corrected chi connectivity index (χ4v) is 1.48. The van der Waals surface area contributed by atoms with Crippen molar-refractivity contribution in [2.24, 2.45) is 0 Å². The van der Waals surface area contributed by atoms with Crippen LogP contribution in [0.2, 0.25) is 0 Å². The van der Waals surface area contributed by atoms with Crippen LogP contribution >= 0.6 is 11.5 Å². The number of nitrogens with one attached hydrogen (secondary N) is 2. The van der Waals surface area contributed by atoms with E-state index in [2.05, 4.69) is 9.69 Å². The highest BCUT2D eigenvalue weighted by molar-refractivity contribution is 7.05. The van der Waals surface area contributed by atoms with Gasteiger partial charge in [0.15, 0.2) is 0 Å². The highest BCUT2D eigenvalue weighted by atomic mass is 32.1. The number of rotatable bonds is 2. The molecule has 1 amide bonds. The predicted octanol–water partition coefficient (Wildman–Crippen LogP) is 1.46. The second kappa shape index (κ2) is 4.48. The molecular weight excluding hydrogens is 216 g/mol. The van der Waals surface area contributed by atoms with E-state index in [1.165, 1.54) is 17.6 Å². The van der Waals surface area contributed by atoms with Crippen molar-refractivity contribution in [3.05, 3.63) is 21.3 Å². The van der Waals surface area contributed by atoms with E-state index < -0.39 is 11.7 Å². The van der Waals surface area contributed by atoms with Crippen molar-refractivity contribution >= 4 is 17.6 Å². The first-order chi connectivity index (χ1) is 6.87. The normalized spacial score (nSPS) is 11.1. The Kier molecular flexibility index (Phi) is 3.52. The Labute approximate surface area is 91.6 Å². The van der Waals surface area contributed by atoms with Crippen LogP contribution in [0.5, 0.6) is 0 Å². The van der Waals surface area contributed by atoms with Crippen LogP contribution in [0, 0.1) is 0 Å². The maximum Gasteiger partial charge on any atom is 0.407 e. The average Bonchev–Trinajstić information content (AvgIpc) is 2.45. The van der Waals surface area contributed by atoms with Gasteiger partial charge in [0.1, 0.15) is 5.60 Å². The molecule has 0 atom stereocenters. The van der Waals surface area contributed by atoms with Crippen LogP contribution in [0.4, 0.5) is 4.79 Å². The smallest absolute Gasteiger partial charge is 0.407 e. The summed E-state index contributed by atoms with van der Waals surface area (Å²) >= 11 is 1.20. The van der Waals surface area contributed by atoms with Crippen LogP contribution in [0.25, 0.3) is 0 Å². The largest absolute Gasteiger partial charge is 0.444 e. The number of hydrogen-bond donors (Lipinski definition) is 2. The quantitative estimate of drug-likeness (QED) is 0.808. The summed E-state index contributed by atoms with van der Waals surface area (Å²) < 4.78 is 7.57. The molecule has 1 heterocycles. The third kappa shape index (κ3) is 4.64. The molecule has 0 aliphatic rings. The van der Waals surface area contributed by atoms with Gasteiger partial charge in [0.25, 0.3) is 5.56 Å². The van der Waals surface area contributed by atoms with Gasteiger partial charge in [-0.2, -0.15) is 0 Å². The minimum absolute atomic E-state index is 0.152. The summed E-state index contributed by atoms with van der Waals surface area (Å²) in [6.45, 7) is 5.68. The van der Waals surface area contributed by atoms with Crippen LogP contribution in [-0.4, -0.2) is 16.1 Å². The van der Waals surface area contributed by atoms with Crippen molar-refractivity contribution in [3.63, 3.8) is 0 Å². The lowest BCUT2D eigenvalue weighted by molar-refractivity contribution is 0.0524. The van der Waals surface area contributed by atoms with E-state index in [9.17, 15) is 9.59 Å². The number of alkyl carbamates (subject to hydrolysis) is 1. The Bertz CT molecular complexity index is 389. The zero-order valence-electron chi connectivity index (χ0n) is 8.92. The van der Waals surface area contributed by atoms with E-state index in [0.29, 0.717) is 6.54 Å². The first kappa shape index (κ1) is 11.8. The molecule has 1 aromatic rings. The SMILES string of the molecule is CC(C)(C)OC(=O)NCc1cc(=O)[nH]s1. The third-order valence-corrected chi connectivity index (χ3v) is 2.21. The van der Waals surface area contributed by atoms with Crippen LogP contribution < -0.4 is 10.9 Å². The molecule has 0 saturated heterocycles. The highest BCUT2D eigenvalue weighted by Crippen LogP contribution is 2.07. The molecule has 0 fully saturated rings. The first-order valence-corrected chi connectivity index (χ1v) is 5.33. The van der Waals surface area contributed by atoms with Gasteiger partial charge in [-0.05, 0) is 20.8 Å². The summed E-state index contributed by atoms with van der Waals surface area (Å²) in [4.78, 5) is 22.8. The molecule has 5 nitrogen and oxygen atoms in total. The lowest BCUT2D eigenvalue weighted by Gasteiger charge is -2.19. The minimum atomic E-state index is -0.505. The molecular formula is C9H14N2O3S. The van der Waals surface area contributed by atoms with Crippen molar-refractivity contribution in [1.29, 1.82) is 0 Å². The van der Waals surface area contributed by atoms with Gasteiger partial charge in [-0.15, -0.1) is 0 Å². The van der Waals surface area contributed by atoms with E-state index in [4.69, 9.17) is 4.74 Å². The van der Waals surface area contributed by atoms with Gasteiger partial charge in [-0.3, -0.25) is 9.17 Å². The predicted molar refractivity (Wildman–Crippen MR) is 58.0 cm³/mol. The van der Waals surface area contributed by atoms with E-state index in [1.54, 1.807) is 20.8 Å². The molecule has 0 saturated carbocycles. The lowest BCUT2D eigenvalue weighted by atomic mass is 10.2. The summed E-state index contributed by atoms with van der Waals surface area (Å²) in [7, 11) is 0. The first-order valence-electron chi connectivity index (χ1n) is 4.51. The van der Waals surface area contributed by atoms with Crippen LogP contribution in [0.3, 0.4) is 0 Å². The maximum atomic E-state index is 11.2.